The minimum atomic E-state index is -4.49. The van der Waals surface area contributed by atoms with Crippen molar-refractivity contribution >= 4 is 34.8 Å². The summed E-state index contributed by atoms with van der Waals surface area (Å²) in [6.07, 6.45) is -3.72. The Labute approximate surface area is 176 Å². The minimum Gasteiger partial charge on any atom is -0.353 e. The zero-order valence-electron chi connectivity index (χ0n) is 16.2. The average Bonchev–Trinajstić information content (AvgIpc) is 2.68. The third kappa shape index (κ3) is 5.48. The summed E-state index contributed by atoms with van der Waals surface area (Å²) in [5.74, 6) is 0.00223. The lowest BCUT2D eigenvalue weighted by molar-refractivity contribution is -0.137. The van der Waals surface area contributed by atoms with Crippen LogP contribution < -0.4 is 10.2 Å². The first-order chi connectivity index (χ1) is 14.1. The molecule has 10 heteroatoms. The van der Waals surface area contributed by atoms with Gasteiger partial charge in [0.2, 0.25) is 5.91 Å². The lowest BCUT2D eigenvalue weighted by Crippen LogP contribution is -2.49. The number of carbonyl (C=O) groups excluding carboxylic acids is 2. The summed E-state index contributed by atoms with van der Waals surface area (Å²) >= 11 is 6.01. The Kier molecular flexibility index (Phi) is 6.62. The van der Waals surface area contributed by atoms with E-state index in [1.54, 1.807) is 29.2 Å². The number of alkyl halides is 3. The van der Waals surface area contributed by atoms with Crippen LogP contribution in [0.25, 0.3) is 0 Å². The maximum absolute atomic E-state index is 12.8. The number of hydrogen-bond acceptors (Lipinski definition) is 5. The quantitative estimate of drug-likeness (QED) is 0.718. The van der Waals surface area contributed by atoms with Gasteiger partial charge in [0, 0.05) is 43.6 Å². The van der Waals surface area contributed by atoms with Gasteiger partial charge in [0.05, 0.1) is 17.1 Å². The molecule has 30 heavy (non-hydrogen) atoms. The van der Waals surface area contributed by atoms with E-state index in [-0.39, 0.29) is 23.3 Å². The molecule has 0 radical (unpaired) electrons. The number of aromatic nitrogens is 1. The van der Waals surface area contributed by atoms with Crippen LogP contribution in [-0.4, -0.2) is 54.3 Å². The standard InChI is InChI=1S/C20H20ClF3N4O2/c1-13(29)14-3-2-4-16(9-14)26-18(30)12-27-5-7-28(8-6-27)19-17(21)10-15(11-25-19)20(22,23)24/h2-4,9-11H,5-8,12H2,1H3,(H,26,30). The number of hydrogen-bond donors (Lipinski definition) is 1. The van der Waals surface area contributed by atoms with Gasteiger partial charge < -0.3 is 10.2 Å². The zero-order valence-corrected chi connectivity index (χ0v) is 16.9. The molecule has 0 atom stereocenters. The second kappa shape index (κ2) is 9.01. The highest BCUT2D eigenvalue weighted by molar-refractivity contribution is 6.33. The molecule has 0 aliphatic carbocycles. The predicted molar refractivity (Wildman–Crippen MR) is 108 cm³/mol. The number of pyridine rings is 1. The second-order valence-corrected chi connectivity index (χ2v) is 7.38. The summed E-state index contributed by atoms with van der Waals surface area (Å²) in [7, 11) is 0. The Bertz CT molecular complexity index is 944. The van der Waals surface area contributed by atoms with Gasteiger partial charge in [-0.25, -0.2) is 4.98 Å². The molecular weight excluding hydrogens is 421 g/mol. The van der Waals surface area contributed by atoms with E-state index in [1.807, 2.05) is 4.90 Å². The van der Waals surface area contributed by atoms with Crippen molar-refractivity contribution in [3.05, 3.63) is 52.7 Å². The lowest BCUT2D eigenvalue weighted by atomic mass is 10.1. The number of nitrogens with zero attached hydrogens (tertiary/aromatic N) is 3. The first-order valence-electron chi connectivity index (χ1n) is 9.24. The fourth-order valence-electron chi connectivity index (χ4n) is 3.16. The molecule has 1 aromatic carbocycles. The van der Waals surface area contributed by atoms with Crippen molar-refractivity contribution in [1.29, 1.82) is 0 Å². The number of amides is 1. The van der Waals surface area contributed by atoms with E-state index < -0.39 is 11.7 Å². The molecule has 0 bridgehead atoms. The van der Waals surface area contributed by atoms with Gasteiger partial charge in [-0.3, -0.25) is 14.5 Å². The van der Waals surface area contributed by atoms with Crippen LogP contribution in [0.5, 0.6) is 0 Å². The fourth-order valence-corrected chi connectivity index (χ4v) is 3.44. The Balaban J connectivity index is 1.54. The normalized spacial score (nSPS) is 15.2. The van der Waals surface area contributed by atoms with E-state index in [4.69, 9.17) is 11.6 Å². The first-order valence-corrected chi connectivity index (χ1v) is 9.62. The van der Waals surface area contributed by atoms with Gasteiger partial charge in [0.25, 0.3) is 0 Å². The van der Waals surface area contributed by atoms with Gasteiger partial charge >= 0.3 is 6.18 Å². The van der Waals surface area contributed by atoms with Crippen molar-refractivity contribution in [2.75, 3.05) is 42.9 Å². The molecule has 0 saturated carbocycles. The van der Waals surface area contributed by atoms with Crippen LogP contribution in [0, 0.1) is 0 Å². The molecule has 1 aliphatic rings. The molecule has 1 aliphatic heterocycles. The molecule has 160 valence electrons. The molecule has 3 rings (SSSR count). The number of Topliss-reactive ketones (excluding diaryl/α,β-unsaturated/α-hetero) is 1. The largest absolute Gasteiger partial charge is 0.417 e. The molecular formula is C20H20ClF3N4O2. The van der Waals surface area contributed by atoms with Gasteiger partial charge in [-0.1, -0.05) is 23.7 Å². The maximum Gasteiger partial charge on any atom is 0.417 e. The van der Waals surface area contributed by atoms with Crippen molar-refractivity contribution in [2.24, 2.45) is 0 Å². The minimum absolute atomic E-state index is 0.0543. The zero-order chi connectivity index (χ0) is 21.9. The average molecular weight is 441 g/mol. The highest BCUT2D eigenvalue weighted by atomic mass is 35.5. The number of ketones is 1. The summed E-state index contributed by atoms with van der Waals surface area (Å²) in [5.41, 5.74) is 0.176. The topological polar surface area (TPSA) is 65.5 Å². The van der Waals surface area contributed by atoms with Gasteiger partial charge in [0.15, 0.2) is 5.78 Å². The van der Waals surface area contributed by atoms with Gasteiger partial charge in [-0.15, -0.1) is 0 Å². The molecule has 2 heterocycles. The molecule has 2 aromatic rings. The summed E-state index contributed by atoms with van der Waals surface area (Å²) in [4.78, 5) is 31.4. The molecule has 6 nitrogen and oxygen atoms in total. The highest BCUT2D eigenvalue weighted by Crippen LogP contribution is 2.33. The van der Waals surface area contributed by atoms with Crippen molar-refractivity contribution in [3.63, 3.8) is 0 Å². The number of rotatable bonds is 5. The summed E-state index contributed by atoms with van der Waals surface area (Å²) in [6.45, 7) is 3.63. The number of anilines is 2. The Morgan fingerprint density at radius 2 is 1.87 bits per heavy atom. The Morgan fingerprint density at radius 3 is 2.47 bits per heavy atom. The molecule has 1 fully saturated rings. The SMILES string of the molecule is CC(=O)c1cccc(NC(=O)CN2CCN(c3ncc(C(F)(F)F)cc3Cl)CC2)c1. The Morgan fingerprint density at radius 1 is 1.17 bits per heavy atom. The maximum atomic E-state index is 12.8. The molecule has 1 amide bonds. The van der Waals surface area contributed by atoms with Crippen LogP contribution in [-0.2, 0) is 11.0 Å². The summed E-state index contributed by atoms with van der Waals surface area (Å²) in [6, 6.07) is 7.58. The highest BCUT2D eigenvalue weighted by Gasteiger charge is 2.32. The van der Waals surface area contributed by atoms with Gasteiger partial charge in [-0.2, -0.15) is 13.2 Å². The number of carbonyl (C=O) groups is 2. The number of halogens is 4. The van der Waals surface area contributed by atoms with E-state index in [2.05, 4.69) is 10.3 Å². The third-order valence-corrected chi connectivity index (χ3v) is 5.02. The van der Waals surface area contributed by atoms with Crippen LogP contribution in [0.4, 0.5) is 24.7 Å². The summed E-state index contributed by atoms with van der Waals surface area (Å²) < 4.78 is 38.3. The van der Waals surface area contributed by atoms with Crippen LogP contribution >= 0.6 is 11.6 Å². The molecule has 0 spiro atoms. The van der Waals surface area contributed by atoms with Gasteiger partial charge in [-0.05, 0) is 25.1 Å². The third-order valence-electron chi connectivity index (χ3n) is 4.74. The van der Waals surface area contributed by atoms with Crippen molar-refractivity contribution in [1.82, 2.24) is 9.88 Å². The molecule has 1 saturated heterocycles. The molecule has 1 aromatic heterocycles. The molecule has 0 unspecified atom stereocenters. The monoisotopic (exact) mass is 440 g/mol. The van der Waals surface area contributed by atoms with Gasteiger partial charge in [0.1, 0.15) is 5.82 Å². The van der Waals surface area contributed by atoms with E-state index in [1.165, 1.54) is 6.92 Å². The Hall–Kier alpha value is -2.65. The van der Waals surface area contributed by atoms with E-state index in [0.29, 0.717) is 43.2 Å². The van der Waals surface area contributed by atoms with Crippen molar-refractivity contribution in [2.45, 2.75) is 13.1 Å². The van der Waals surface area contributed by atoms with E-state index >= 15 is 0 Å². The van der Waals surface area contributed by atoms with Crippen molar-refractivity contribution in [3.8, 4) is 0 Å². The fraction of sp³-hybridized carbons (Fsp3) is 0.350. The number of nitrogens with one attached hydrogen (secondary N) is 1. The summed E-state index contributed by atoms with van der Waals surface area (Å²) in [5, 5.41) is 2.72. The van der Waals surface area contributed by atoms with Crippen LogP contribution in [0.3, 0.4) is 0 Å². The second-order valence-electron chi connectivity index (χ2n) is 6.98. The number of piperazine rings is 1. The van der Waals surface area contributed by atoms with E-state index in [9.17, 15) is 22.8 Å². The smallest absolute Gasteiger partial charge is 0.353 e. The van der Waals surface area contributed by atoms with Crippen molar-refractivity contribution < 1.29 is 22.8 Å². The first kappa shape index (κ1) is 22.0. The molecule has 1 N–H and O–H groups in total. The predicted octanol–water partition coefficient (Wildman–Crippen LogP) is 3.72. The van der Waals surface area contributed by atoms with Crippen LogP contribution in [0.15, 0.2) is 36.5 Å². The lowest BCUT2D eigenvalue weighted by Gasteiger charge is -2.35. The van der Waals surface area contributed by atoms with Crippen LogP contribution in [0.1, 0.15) is 22.8 Å². The number of benzene rings is 1. The van der Waals surface area contributed by atoms with Crippen LogP contribution in [0.2, 0.25) is 5.02 Å². The van der Waals surface area contributed by atoms with E-state index in [0.717, 1.165) is 12.3 Å².